The average molecular weight is 194 g/mol. The maximum atomic E-state index is 5.45. The highest BCUT2D eigenvalue weighted by Gasteiger charge is 2.07. The first-order valence-electron chi connectivity index (χ1n) is 4.26. The zero-order chi connectivity index (χ0) is 9.52. The predicted octanol–water partition coefficient (Wildman–Crippen LogP) is 2.06. The van der Waals surface area contributed by atoms with E-state index in [1.54, 1.807) is 11.3 Å². The van der Waals surface area contributed by atoms with E-state index >= 15 is 0 Å². The smallest absolute Gasteiger partial charge is 0.0477 e. The molecule has 1 aromatic heterocycles. The van der Waals surface area contributed by atoms with Gasteiger partial charge in [0.1, 0.15) is 0 Å². The molecule has 0 amide bonds. The summed E-state index contributed by atoms with van der Waals surface area (Å²) in [5, 5.41) is 4.18. The minimum Gasteiger partial charge on any atom is -0.271 e. The van der Waals surface area contributed by atoms with Gasteiger partial charge in [-0.3, -0.25) is 11.3 Å². The molecule has 0 saturated heterocycles. The normalized spacial score (nSPS) is 11.8. The van der Waals surface area contributed by atoms with Crippen LogP contribution in [-0.4, -0.2) is 0 Å². The Kier molecular flexibility index (Phi) is 4.55. The van der Waals surface area contributed by atoms with E-state index < -0.39 is 0 Å². The average Bonchev–Trinajstić information content (AvgIpc) is 2.65. The Hall–Kier alpha value is -0.820. The zero-order valence-electron chi connectivity index (χ0n) is 7.71. The number of hydrogen-bond donors (Lipinski definition) is 2. The van der Waals surface area contributed by atoms with Crippen LogP contribution in [0.25, 0.3) is 0 Å². The minimum atomic E-state index is 0.243. The van der Waals surface area contributed by atoms with E-state index in [0.717, 1.165) is 12.8 Å². The van der Waals surface area contributed by atoms with Gasteiger partial charge in [-0.1, -0.05) is 0 Å². The summed E-state index contributed by atoms with van der Waals surface area (Å²) in [6, 6.07) is 2.33. The first-order chi connectivity index (χ1) is 6.38. The van der Waals surface area contributed by atoms with Gasteiger partial charge in [0, 0.05) is 12.5 Å². The van der Waals surface area contributed by atoms with Gasteiger partial charge in [-0.15, -0.1) is 11.8 Å². The molecule has 0 spiro atoms. The topological polar surface area (TPSA) is 38.0 Å². The first kappa shape index (κ1) is 10.3. The fourth-order valence-corrected chi connectivity index (χ4v) is 1.88. The lowest BCUT2D eigenvalue weighted by molar-refractivity contribution is 0.525. The van der Waals surface area contributed by atoms with E-state index in [1.807, 2.05) is 6.92 Å². The summed E-state index contributed by atoms with van der Waals surface area (Å²) in [4.78, 5) is 0. The number of rotatable bonds is 4. The summed E-state index contributed by atoms with van der Waals surface area (Å²) in [7, 11) is 0. The van der Waals surface area contributed by atoms with Gasteiger partial charge in [0.05, 0.1) is 0 Å². The molecule has 0 fully saturated rings. The van der Waals surface area contributed by atoms with Crippen molar-refractivity contribution in [2.45, 2.75) is 25.8 Å². The van der Waals surface area contributed by atoms with Crippen LogP contribution in [0.15, 0.2) is 16.8 Å². The quantitative estimate of drug-likeness (QED) is 0.437. The van der Waals surface area contributed by atoms with Gasteiger partial charge in [0.25, 0.3) is 0 Å². The van der Waals surface area contributed by atoms with Crippen molar-refractivity contribution in [3.63, 3.8) is 0 Å². The molecule has 3 heteroatoms. The second-order valence-electron chi connectivity index (χ2n) is 2.74. The summed E-state index contributed by atoms with van der Waals surface area (Å²) in [5.74, 6) is 11.4. The van der Waals surface area contributed by atoms with Crippen molar-refractivity contribution in [2.75, 3.05) is 0 Å². The van der Waals surface area contributed by atoms with Crippen LogP contribution in [0.2, 0.25) is 0 Å². The molecule has 2 nitrogen and oxygen atoms in total. The fourth-order valence-electron chi connectivity index (χ4n) is 1.16. The standard InChI is InChI=1S/C10H14N2S/c1-2-3-4-5-10(12-11)9-6-7-13-8-9/h6-8,10,12H,4-5,11H2,1H3. The van der Waals surface area contributed by atoms with Crippen LogP contribution in [-0.2, 0) is 0 Å². The summed E-state index contributed by atoms with van der Waals surface area (Å²) >= 11 is 1.69. The Bertz CT molecular complexity index is 282. The molecule has 0 aliphatic carbocycles. The van der Waals surface area contributed by atoms with Crippen LogP contribution >= 0.6 is 11.3 Å². The zero-order valence-corrected chi connectivity index (χ0v) is 8.53. The molecule has 0 radical (unpaired) electrons. The lowest BCUT2D eigenvalue weighted by Gasteiger charge is -2.12. The van der Waals surface area contributed by atoms with Crippen LogP contribution in [0, 0.1) is 11.8 Å². The fraction of sp³-hybridized carbons (Fsp3) is 0.400. The maximum Gasteiger partial charge on any atom is 0.0477 e. The number of thiophene rings is 1. The van der Waals surface area contributed by atoms with Crippen molar-refractivity contribution in [1.82, 2.24) is 5.43 Å². The molecule has 1 rings (SSSR count). The van der Waals surface area contributed by atoms with Gasteiger partial charge in [0.2, 0.25) is 0 Å². The van der Waals surface area contributed by atoms with E-state index in [4.69, 9.17) is 5.84 Å². The van der Waals surface area contributed by atoms with Gasteiger partial charge in [0.15, 0.2) is 0 Å². The van der Waals surface area contributed by atoms with Crippen LogP contribution in [0.4, 0.5) is 0 Å². The van der Waals surface area contributed by atoms with Gasteiger partial charge < -0.3 is 0 Å². The number of nitrogens with two attached hydrogens (primary N) is 1. The molecule has 0 aromatic carbocycles. The lowest BCUT2D eigenvalue weighted by atomic mass is 10.1. The molecule has 70 valence electrons. The molecule has 1 atom stereocenters. The van der Waals surface area contributed by atoms with E-state index in [0.29, 0.717) is 0 Å². The third kappa shape index (κ3) is 3.19. The van der Waals surface area contributed by atoms with Crippen molar-refractivity contribution in [3.8, 4) is 11.8 Å². The molecule has 0 aliphatic rings. The van der Waals surface area contributed by atoms with E-state index in [2.05, 4.69) is 34.1 Å². The molecular formula is C10H14N2S. The second kappa shape index (κ2) is 5.76. The largest absolute Gasteiger partial charge is 0.271 e. The van der Waals surface area contributed by atoms with Gasteiger partial charge in [-0.05, 0) is 35.7 Å². The lowest BCUT2D eigenvalue weighted by Crippen LogP contribution is -2.27. The molecule has 0 aliphatic heterocycles. The number of hydrazine groups is 1. The number of hydrogen-bond acceptors (Lipinski definition) is 3. The van der Waals surface area contributed by atoms with Crippen LogP contribution in [0.1, 0.15) is 31.4 Å². The third-order valence-electron chi connectivity index (χ3n) is 1.88. The Morgan fingerprint density at radius 1 is 1.69 bits per heavy atom. The Morgan fingerprint density at radius 3 is 3.08 bits per heavy atom. The third-order valence-corrected chi connectivity index (χ3v) is 2.58. The SMILES string of the molecule is CC#CCCC(NN)c1ccsc1. The molecule has 0 saturated carbocycles. The molecule has 1 heterocycles. The maximum absolute atomic E-state index is 5.45. The van der Waals surface area contributed by atoms with Crippen LogP contribution in [0.3, 0.4) is 0 Å². The molecule has 1 aromatic rings. The first-order valence-corrected chi connectivity index (χ1v) is 5.20. The minimum absolute atomic E-state index is 0.243. The summed E-state index contributed by atoms with van der Waals surface area (Å²) < 4.78 is 0. The Labute approximate surface area is 83.1 Å². The van der Waals surface area contributed by atoms with Crippen LogP contribution < -0.4 is 11.3 Å². The van der Waals surface area contributed by atoms with Gasteiger partial charge in [-0.2, -0.15) is 11.3 Å². The molecule has 1 unspecified atom stereocenters. The molecular weight excluding hydrogens is 180 g/mol. The van der Waals surface area contributed by atoms with Crippen molar-refractivity contribution < 1.29 is 0 Å². The van der Waals surface area contributed by atoms with E-state index in [9.17, 15) is 0 Å². The summed E-state index contributed by atoms with van der Waals surface area (Å²) in [6.07, 6.45) is 1.86. The van der Waals surface area contributed by atoms with E-state index in [1.165, 1.54) is 5.56 Å². The summed E-state index contributed by atoms with van der Waals surface area (Å²) in [5.41, 5.74) is 4.06. The number of nitrogens with one attached hydrogen (secondary N) is 1. The highest BCUT2D eigenvalue weighted by Crippen LogP contribution is 2.19. The highest BCUT2D eigenvalue weighted by molar-refractivity contribution is 7.07. The summed E-state index contributed by atoms with van der Waals surface area (Å²) in [6.45, 7) is 1.86. The molecule has 3 N–H and O–H groups in total. The van der Waals surface area contributed by atoms with Crippen molar-refractivity contribution in [3.05, 3.63) is 22.4 Å². The monoisotopic (exact) mass is 194 g/mol. The van der Waals surface area contributed by atoms with Gasteiger partial charge in [-0.25, -0.2) is 0 Å². The van der Waals surface area contributed by atoms with Crippen LogP contribution in [0.5, 0.6) is 0 Å². The predicted molar refractivity (Wildman–Crippen MR) is 57.1 cm³/mol. The molecule has 0 bridgehead atoms. The van der Waals surface area contributed by atoms with E-state index in [-0.39, 0.29) is 6.04 Å². The van der Waals surface area contributed by atoms with Crippen molar-refractivity contribution >= 4 is 11.3 Å². The van der Waals surface area contributed by atoms with Crippen molar-refractivity contribution in [2.24, 2.45) is 5.84 Å². The Balaban J connectivity index is 2.47. The Morgan fingerprint density at radius 2 is 2.54 bits per heavy atom. The van der Waals surface area contributed by atoms with Gasteiger partial charge >= 0.3 is 0 Å². The molecule has 13 heavy (non-hydrogen) atoms. The van der Waals surface area contributed by atoms with Crippen molar-refractivity contribution in [1.29, 1.82) is 0 Å². The highest BCUT2D eigenvalue weighted by atomic mass is 32.1. The second-order valence-corrected chi connectivity index (χ2v) is 3.52.